The molecule has 0 saturated carbocycles. The molecule has 1 heterocycles. The summed E-state index contributed by atoms with van der Waals surface area (Å²) in [6.45, 7) is 1.21. The van der Waals surface area contributed by atoms with Gasteiger partial charge in [0.2, 0.25) is 17.1 Å². The van der Waals surface area contributed by atoms with Crippen LogP contribution in [0, 0.1) is 12.5 Å². The summed E-state index contributed by atoms with van der Waals surface area (Å²) in [7, 11) is -7.29. The number of rotatable bonds is 6. The van der Waals surface area contributed by atoms with Gasteiger partial charge in [0.25, 0.3) is 0 Å². The fraction of sp³-hybridized carbons (Fsp3) is 0.0526. The zero-order valence-corrected chi connectivity index (χ0v) is 17.7. The Labute approximate surface area is 178 Å². The first-order chi connectivity index (χ1) is 14.4. The van der Waals surface area contributed by atoms with Gasteiger partial charge in [-0.15, -0.1) is 5.11 Å². The molecule has 0 bridgehead atoms. The van der Waals surface area contributed by atoms with Crippen molar-refractivity contribution in [3.05, 3.63) is 72.4 Å². The van der Waals surface area contributed by atoms with Crippen molar-refractivity contribution in [1.29, 1.82) is 0 Å². The number of sulfone groups is 2. The second kappa shape index (κ2) is 7.89. The molecule has 1 amide bonds. The molecule has 0 aromatic heterocycles. The number of ketones is 1. The van der Waals surface area contributed by atoms with Crippen LogP contribution in [0.3, 0.4) is 0 Å². The summed E-state index contributed by atoms with van der Waals surface area (Å²) in [5, 5.41) is 11.7. The van der Waals surface area contributed by atoms with Gasteiger partial charge in [-0.1, -0.05) is 0 Å². The van der Waals surface area contributed by atoms with E-state index in [1.54, 1.807) is 0 Å². The third kappa shape index (κ3) is 4.75. The predicted molar refractivity (Wildman–Crippen MR) is 108 cm³/mol. The molecule has 3 rings (SSSR count). The number of azo groups is 3. The van der Waals surface area contributed by atoms with E-state index in [-0.39, 0.29) is 32.6 Å². The number of benzene rings is 2. The van der Waals surface area contributed by atoms with Crippen LogP contribution in [0.4, 0.5) is 11.4 Å². The van der Waals surface area contributed by atoms with Crippen molar-refractivity contribution < 1.29 is 31.1 Å². The molecular weight excluding hydrogens is 444 g/mol. The number of carbonyl (C=O) groups excluding carboxylic acids is 2. The normalized spacial score (nSPS) is 14.9. The first-order valence-electron chi connectivity index (χ1n) is 8.47. The Hall–Kier alpha value is -3.64. The Morgan fingerprint density at radius 1 is 0.871 bits per heavy atom. The topological polar surface area (TPSA) is 143 Å². The van der Waals surface area contributed by atoms with E-state index in [2.05, 4.69) is 27.9 Å². The number of hydrogen-bond donors (Lipinski definition) is 0. The Kier molecular flexibility index (Phi) is 5.61. The van der Waals surface area contributed by atoms with Crippen LogP contribution >= 0.6 is 0 Å². The summed E-state index contributed by atoms with van der Waals surface area (Å²) in [4.78, 5) is 24.6. The molecule has 0 radical (unpaired) electrons. The Morgan fingerprint density at radius 2 is 1.35 bits per heavy atom. The molecule has 1 aliphatic rings. The van der Waals surface area contributed by atoms with Crippen molar-refractivity contribution in [1.82, 2.24) is 0 Å². The van der Waals surface area contributed by atoms with Crippen LogP contribution in [0.2, 0.25) is 0 Å². The Bertz CT molecular complexity index is 1390. The number of nitrogens with zero attached hydrogens (tertiary/aromatic N) is 4. The fourth-order valence-electron chi connectivity index (χ4n) is 2.52. The van der Waals surface area contributed by atoms with Crippen LogP contribution in [-0.2, 0) is 29.3 Å². The molecule has 0 atom stereocenters. The van der Waals surface area contributed by atoms with Gasteiger partial charge >= 0.3 is 25.6 Å². The summed E-state index contributed by atoms with van der Waals surface area (Å²) < 4.78 is 46.7. The van der Waals surface area contributed by atoms with E-state index < -0.39 is 31.4 Å². The molecule has 0 aliphatic carbocycles. The fourth-order valence-corrected chi connectivity index (χ4v) is 3.62. The van der Waals surface area contributed by atoms with Gasteiger partial charge in [-0.25, -0.2) is 4.79 Å². The highest BCUT2D eigenvalue weighted by Crippen LogP contribution is 2.28. The minimum Gasteiger partial charge on any atom is -0.292 e. The van der Waals surface area contributed by atoms with Gasteiger partial charge in [0, 0.05) is 24.2 Å². The van der Waals surface area contributed by atoms with Gasteiger partial charge < -0.3 is 0 Å². The van der Waals surface area contributed by atoms with Crippen LogP contribution in [0.25, 0.3) is 0 Å². The average molecular weight is 459 g/mol. The second-order valence-electron chi connectivity index (χ2n) is 6.39. The van der Waals surface area contributed by atoms with Crippen molar-refractivity contribution in [2.24, 2.45) is 15.3 Å². The minimum atomic E-state index is -3.67. The largest absolute Gasteiger partial charge is 0.473 e. The number of Topliss-reactive ketones (excluding diaryl/α,β-unsaturated/α-hetero) is 1. The van der Waals surface area contributed by atoms with Crippen LogP contribution in [-0.4, -0.2) is 33.2 Å². The van der Waals surface area contributed by atoms with E-state index in [0.29, 0.717) is 0 Å². The van der Waals surface area contributed by atoms with E-state index >= 15 is 0 Å². The van der Waals surface area contributed by atoms with Crippen LogP contribution in [0.15, 0.2) is 85.1 Å². The predicted octanol–water partition coefficient (Wildman–Crippen LogP) is 3.04. The molecule has 0 fully saturated rings. The molecule has 0 unspecified atom stereocenters. The van der Waals surface area contributed by atoms with E-state index in [1.165, 1.54) is 55.5 Å². The van der Waals surface area contributed by atoms with Crippen molar-refractivity contribution >= 4 is 42.7 Å². The maximum atomic E-state index is 12.8. The molecule has 12 heteroatoms. The van der Waals surface area contributed by atoms with Gasteiger partial charge in [0.15, 0.2) is 18.3 Å². The third-order valence-electron chi connectivity index (χ3n) is 4.05. The SMILES string of the molecule is [CH2+]S(=O)(=O)c1ccc(N=NC2=C(C(C)=O)N=[N+](c3ccc(S([CH2+])(=O)=O)cc3)C2=O)cc1. The van der Waals surface area contributed by atoms with E-state index in [0.717, 1.165) is 4.70 Å². The average Bonchev–Trinajstić information content (AvgIpc) is 3.02. The lowest BCUT2D eigenvalue weighted by atomic mass is 10.2. The van der Waals surface area contributed by atoms with E-state index in [4.69, 9.17) is 0 Å². The van der Waals surface area contributed by atoms with Crippen molar-refractivity contribution in [3.8, 4) is 0 Å². The zero-order valence-electron chi connectivity index (χ0n) is 16.1. The maximum Gasteiger partial charge on any atom is 0.473 e. The van der Waals surface area contributed by atoms with Crippen molar-refractivity contribution in [2.45, 2.75) is 16.7 Å². The van der Waals surface area contributed by atoms with Crippen LogP contribution in [0.1, 0.15) is 6.92 Å². The molecule has 2 aromatic carbocycles. The molecule has 31 heavy (non-hydrogen) atoms. The quantitative estimate of drug-likeness (QED) is 0.369. The molecule has 2 aromatic rings. The van der Waals surface area contributed by atoms with Gasteiger partial charge in [0.1, 0.15) is 9.79 Å². The number of allylic oxidation sites excluding steroid dienone is 1. The summed E-state index contributed by atoms with van der Waals surface area (Å²) >= 11 is 0. The van der Waals surface area contributed by atoms with E-state index in [1.807, 2.05) is 0 Å². The summed E-state index contributed by atoms with van der Waals surface area (Å²) in [5.74, 6) is -1.27. The van der Waals surface area contributed by atoms with Gasteiger partial charge in [-0.2, -0.15) is 21.9 Å². The number of amides is 1. The monoisotopic (exact) mass is 459 g/mol. The highest BCUT2D eigenvalue weighted by molar-refractivity contribution is 7.92. The van der Waals surface area contributed by atoms with Crippen molar-refractivity contribution in [2.75, 3.05) is 0 Å². The van der Waals surface area contributed by atoms with E-state index in [9.17, 15) is 26.4 Å². The maximum absolute atomic E-state index is 12.8. The van der Waals surface area contributed by atoms with Gasteiger partial charge in [-0.05, 0) is 41.1 Å². The Balaban J connectivity index is 1.91. The molecule has 156 valence electrons. The van der Waals surface area contributed by atoms with Crippen LogP contribution < -0.4 is 0 Å². The lowest BCUT2D eigenvalue weighted by Crippen LogP contribution is -2.11. The lowest BCUT2D eigenvalue weighted by Gasteiger charge is -1.95. The summed E-state index contributed by atoms with van der Waals surface area (Å²) in [5.41, 5.74) is -0.0832. The first kappa shape index (κ1) is 22.1. The number of carbonyl (C=O) groups is 2. The van der Waals surface area contributed by atoms with Crippen molar-refractivity contribution in [3.63, 3.8) is 0 Å². The molecule has 0 spiro atoms. The Morgan fingerprint density at radius 3 is 1.81 bits per heavy atom. The van der Waals surface area contributed by atoms with Gasteiger partial charge in [0.05, 0.1) is 5.69 Å². The van der Waals surface area contributed by atoms with Gasteiger partial charge in [-0.3, -0.25) is 4.79 Å². The molecule has 1 aliphatic heterocycles. The molecule has 10 nitrogen and oxygen atoms in total. The molecule has 0 saturated heterocycles. The molecular formula is C19H15N4O6S2+3. The standard InChI is InChI=1S/C19H15N4O6S2/c1-12(24)17-18(21-20-13-4-8-15(9-5-13)30(2,26)27)19(25)23(22-17)14-6-10-16(11-7-14)31(3,28)29/h4-11H,2-3H2,1H3/q+3. The minimum absolute atomic E-state index is 0.0130. The highest BCUT2D eigenvalue weighted by Gasteiger charge is 2.40. The summed E-state index contributed by atoms with van der Waals surface area (Å²) in [6.07, 6.45) is 6.10. The lowest BCUT2D eigenvalue weighted by molar-refractivity contribution is -0.422. The third-order valence-corrected chi connectivity index (χ3v) is 6.04. The number of hydrogen-bond acceptors (Lipinski definition) is 9. The summed E-state index contributed by atoms with van der Waals surface area (Å²) in [6, 6.07) is 10.5. The molecule has 0 N–H and O–H groups in total. The van der Waals surface area contributed by atoms with Crippen LogP contribution in [0.5, 0.6) is 0 Å². The first-order valence-corrected chi connectivity index (χ1v) is 11.8. The zero-order chi connectivity index (χ0) is 23.0. The highest BCUT2D eigenvalue weighted by atomic mass is 32.2. The second-order valence-corrected chi connectivity index (χ2v) is 9.79. The smallest absolute Gasteiger partial charge is 0.292 e.